The minimum atomic E-state index is -0.0191. The Morgan fingerprint density at radius 2 is 0.886 bits per heavy atom. The van der Waals surface area contributed by atoms with Crippen LogP contribution < -0.4 is 20.9 Å². The maximum Gasteiger partial charge on any atom is 0.127 e. The smallest absolute Gasteiger partial charge is 0.127 e. The van der Waals surface area contributed by atoms with Crippen molar-refractivity contribution in [2.24, 2.45) is 17.8 Å². The highest BCUT2D eigenvalue weighted by atomic mass is 16.5. The average molecular weight is 589 g/mol. The van der Waals surface area contributed by atoms with E-state index in [0.29, 0.717) is 0 Å². The highest BCUT2D eigenvalue weighted by molar-refractivity contribution is 5.47. The summed E-state index contributed by atoms with van der Waals surface area (Å²) in [6, 6.07) is 32.7. The van der Waals surface area contributed by atoms with Crippen LogP contribution in [0.2, 0.25) is 0 Å². The van der Waals surface area contributed by atoms with Gasteiger partial charge in [-0.25, -0.2) is 0 Å². The van der Waals surface area contributed by atoms with Gasteiger partial charge in [-0.3, -0.25) is 0 Å². The molecule has 230 valence electrons. The Hall–Kier alpha value is -3.92. The van der Waals surface area contributed by atoms with Crippen LogP contribution in [0.15, 0.2) is 97.1 Å². The van der Waals surface area contributed by atoms with Crippen molar-refractivity contribution in [2.45, 2.75) is 83.0 Å². The van der Waals surface area contributed by atoms with Gasteiger partial charge in [0.1, 0.15) is 23.0 Å². The van der Waals surface area contributed by atoms with Crippen LogP contribution in [0.25, 0.3) is 0 Å². The Bertz CT molecular complexity index is 1350. The molecule has 2 saturated carbocycles. The lowest BCUT2D eigenvalue weighted by Crippen LogP contribution is -2.34. The number of benzene rings is 4. The Morgan fingerprint density at radius 3 is 1.30 bits per heavy atom. The molecule has 4 nitrogen and oxygen atoms in total. The van der Waals surface area contributed by atoms with Gasteiger partial charge in [0.05, 0.1) is 0 Å². The molecule has 0 amide bonds. The van der Waals surface area contributed by atoms with Crippen LogP contribution in [0.3, 0.4) is 0 Å². The Balaban J connectivity index is 1.18. The highest BCUT2D eigenvalue weighted by Crippen LogP contribution is 2.49. The van der Waals surface area contributed by atoms with Crippen LogP contribution in [-0.2, 0) is 5.41 Å². The Labute approximate surface area is 263 Å². The molecule has 2 fully saturated rings. The monoisotopic (exact) mass is 588 g/mol. The van der Waals surface area contributed by atoms with Gasteiger partial charge in [0, 0.05) is 16.8 Å². The van der Waals surface area contributed by atoms with Crippen molar-refractivity contribution in [1.29, 1.82) is 0 Å². The maximum atomic E-state index is 6.14. The summed E-state index contributed by atoms with van der Waals surface area (Å²) in [6.07, 6.45) is 14.8. The van der Waals surface area contributed by atoms with E-state index in [1.54, 1.807) is 0 Å². The SMILES string of the molecule is CCCC1CCC(CC2CCC(c3ccc(Oc4ccc(N)cc4)cc3)(c3ccc(Oc4ccc(N)cc4)cc3)CC2)CC1. The third-order valence-electron chi connectivity index (χ3n) is 10.3. The molecule has 0 unspecified atom stereocenters. The lowest BCUT2D eigenvalue weighted by Gasteiger charge is -2.42. The summed E-state index contributed by atoms with van der Waals surface area (Å²) in [5.41, 5.74) is 15.9. The van der Waals surface area contributed by atoms with E-state index < -0.39 is 0 Å². The van der Waals surface area contributed by atoms with Crippen molar-refractivity contribution in [2.75, 3.05) is 11.5 Å². The molecule has 2 aliphatic carbocycles. The van der Waals surface area contributed by atoms with Gasteiger partial charge in [-0.1, -0.05) is 69.7 Å². The van der Waals surface area contributed by atoms with Gasteiger partial charge < -0.3 is 20.9 Å². The average Bonchev–Trinajstić information content (AvgIpc) is 3.06. The first-order chi connectivity index (χ1) is 21.5. The van der Waals surface area contributed by atoms with E-state index in [2.05, 4.69) is 55.5 Å². The summed E-state index contributed by atoms with van der Waals surface area (Å²) in [7, 11) is 0. The first kappa shape index (κ1) is 30.1. The molecular formula is C40H48N2O2. The summed E-state index contributed by atoms with van der Waals surface area (Å²) in [6.45, 7) is 2.33. The molecule has 0 aliphatic heterocycles. The fourth-order valence-corrected chi connectivity index (χ4v) is 7.81. The van der Waals surface area contributed by atoms with E-state index in [9.17, 15) is 0 Å². The van der Waals surface area contributed by atoms with Gasteiger partial charge in [-0.15, -0.1) is 0 Å². The summed E-state index contributed by atoms with van der Waals surface area (Å²) in [5, 5.41) is 0. The number of anilines is 2. The van der Waals surface area contributed by atoms with E-state index >= 15 is 0 Å². The predicted octanol–water partition coefficient (Wildman–Crippen LogP) is 10.9. The summed E-state index contributed by atoms with van der Waals surface area (Å²) < 4.78 is 12.3. The highest BCUT2D eigenvalue weighted by Gasteiger charge is 2.39. The molecule has 0 aromatic heterocycles. The fraction of sp³-hybridized carbons (Fsp3) is 0.400. The van der Waals surface area contributed by atoms with Crippen LogP contribution in [0.1, 0.15) is 88.7 Å². The van der Waals surface area contributed by atoms with Gasteiger partial charge in [-0.05, 0) is 134 Å². The topological polar surface area (TPSA) is 70.5 Å². The van der Waals surface area contributed by atoms with E-state index in [4.69, 9.17) is 20.9 Å². The molecule has 2 aliphatic rings. The second-order valence-electron chi connectivity index (χ2n) is 13.3. The van der Waals surface area contributed by atoms with Gasteiger partial charge in [0.2, 0.25) is 0 Å². The van der Waals surface area contributed by atoms with E-state index in [0.717, 1.165) is 52.1 Å². The van der Waals surface area contributed by atoms with E-state index in [-0.39, 0.29) is 5.41 Å². The van der Waals surface area contributed by atoms with Crippen LogP contribution in [0, 0.1) is 17.8 Å². The van der Waals surface area contributed by atoms with Crippen LogP contribution >= 0.6 is 0 Å². The molecular weight excluding hydrogens is 540 g/mol. The summed E-state index contributed by atoms with van der Waals surface area (Å²) in [4.78, 5) is 0. The van der Waals surface area contributed by atoms with Crippen molar-refractivity contribution in [3.8, 4) is 23.0 Å². The zero-order valence-corrected chi connectivity index (χ0v) is 26.2. The quantitative estimate of drug-likeness (QED) is 0.181. The second kappa shape index (κ2) is 13.8. The first-order valence-electron chi connectivity index (χ1n) is 16.8. The second-order valence-corrected chi connectivity index (χ2v) is 13.3. The van der Waals surface area contributed by atoms with Crippen molar-refractivity contribution < 1.29 is 9.47 Å². The molecule has 0 saturated heterocycles. The lowest BCUT2D eigenvalue weighted by molar-refractivity contribution is 0.185. The Kier molecular flexibility index (Phi) is 9.45. The minimum Gasteiger partial charge on any atom is -0.457 e. The zero-order chi connectivity index (χ0) is 30.4. The summed E-state index contributed by atoms with van der Waals surface area (Å²) >= 11 is 0. The molecule has 4 aromatic carbocycles. The molecule has 0 radical (unpaired) electrons. The van der Waals surface area contributed by atoms with Crippen molar-refractivity contribution >= 4 is 11.4 Å². The third kappa shape index (κ3) is 7.23. The zero-order valence-electron chi connectivity index (χ0n) is 26.2. The normalized spacial score (nSPS) is 20.2. The lowest BCUT2D eigenvalue weighted by atomic mass is 9.61. The number of nitrogens with two attached hydrogens (primary N) is 2. The largest absolute Gasteiger partial charge is 0.457 e. The predicted molar refractivity (Wildman–Crippen MR) is 182 cm³/mol. The van der Waals surface area contributed by atoms with Gasteiger partial charge in [-0.2, -0.15) is 0 Å². The number of nitrogen functional groups attached to an aromatic ring is 2. The van der Waals surface area contributed by atoms with Crippen LogP contribution in [0.5, 0.6) is 23.0 Å². The number of ether oxygens (including phenoxy) is 2. The molecule has 44 heavy (non-hydrogen) atoms. The third-order valence-corrected chi connectivity index (χ3v) is 10.3. The van der Waals surface area contributed by atoms with Crippen LogP contribution in [0.4, 0.5) is 11.4 Å². The standard InChI is InChI=1S/C40H48N2O2/c1-2-3-29-4-6-30(7-5-29)28-31-24-26-40(27-25-31,32-8-16-36(17-9-32)43-38-20-12-34(41)13-21-38)33-10-18-37(19-11-33)44-39-22-14-35(42)15-23-39/h8-23,29-31H,2-7,24-28,41-42H2,1H3. The molecule has 0 heterocycles. The van der Waals surface area contributed by atoms with Gasteiger partial charge >= 0.3 is 0 Å². The van der Waals surface area contributed by atoms with Crippen molar-refractivity contribution in [3.63, 3.8) is 0 Å². The molecule has 4 aromatic rings. The molecule has 6 rings (SSSR count). The van der Waals surface area contributed by atoms with E-state index in [1.807, 2.05) is 48.5 Å². The van der Waals surface area contributed by atoms with Gasteiger partial charge in [0.25, 0.3) is 0 Å². The van der Waals surface area contributed by atoms with Crippen LogP contribution in [-0.4, -0.2) is 0 Å². The molecule has 4 heteroatoms. The van der Waals surface area contributed by atoms with Gasteiger partial charge in [0.15, 0.2) is 0 Å². The Morgan fingerprint density at radius 1 is 0.523 bits per heavy atom. The maximum absolute atomic E-state index is 6.14. The molecule has 0 bridgehead atoms. The molecule has 4 N–H and O–H groups in total. The fourth-order valence-electron chi connectivity index (χ4n) is 7.81. The number of hydrogen-bond donors (Lipinski definition) is 2. The minimum absolute atomic E-state index is 0.0191. The number of hydrogen-bond acceptors (Lipinski definition) is 4. The first-order valence-corrected chi connectivity index (χ1v) is 16.8. The van der Waals surface area contributed by atoms with Crippen molar-refractivity contribution in [1.82, 2.24) is 0 Å². The molecule has 0 atom stereocenters. The summed E-state index contributed by atoms with van der Waals surface area (Å²) in [5.74, 6) is 6.01. The van der Waals surface area contributed by atoms with Crippen molar-refractivity contribution in [3.05, 3.63) is 108 Å². The van der Waals surface area contributed by atoms with E-state index in [1.165, 1.54) is 81.8 Å². The molecule has 0 spiro atoms. The number of rotatable bonds is 10.